The Morgan fingerprint density at radius 2 is 2.09 bits per heavy atom. The Morgan fingerprint density at radius 3 is 2.74 bits per heavy atom. The van der Waals surface area contributed by atoms with Crippen molar-refractivity contribution in [3.8, 4) is 0 Å². The molecule has 1 N–H and O–H groups in total. The molecule has 2 aromatic heterocycles. The minimum Gasteiger partial charge on any atom is -0.462 e. The van der Waals surface area contributed by atoms with Gasteiger partial charge >= 0.3 is 0 Å². The largest absolute Gasteiger partial charge is 0.462 e. The maximum absolute atomic E-state index is 5.83. The second-order valence-corrected chi connectivity index (χ2v) is 6.17. The highest BCUT2D eigenvalue weighted by atomic mass is 16.5. The highest BCUT2D eigenvalue weighted by molar-refractivity contribution is 5.15. The average Bonchev–Trinajstić information content (AvgIpc) is 3.21. The molecule has 0 radical (unpaired) electrons. The molecule has 0 amide bonds. The van der Waals surface area contributed by atoms with Crippen molar-refractivity contribution in [2.45, 2.75) is 45.6 Å². The smallest absolute Gasteiger partial charge is 0.129 e. The van der Waals surface area contributed by atoms with Crippen molar-refractivity contribution >= 4 is 0 Å². The van der Waals surface area contributed by atoms with E-state index in [9.17, 15) is 0 Å². The standard InChI is InChI=1S/C17H25N3O3/c1-11-12(2)19-17(18-11)16-7-15(22-4)9-20(16)8-13-5-6-14(23-13)10-21-3/h5-6,15-16H,7-10H2,1-4H3,(H,18,19)/t15-,16+/m1/s1. The summed E-state index contributed by atoms with van der Waals surface area (Å²) in [7, 11) is 3.44. The predicted molar refractivity (Wildman–Crippen MR) is 86.0 cm³/mol. The van der Waals surface area contributed by atoms with Gasteiger partial charge in [-0.15, -0.1) is 0 Å². The molecular weight excluding hydrogens is 294 g/mol. The molecule has 6 nitrogen and oxygen atoms in total. The Bertz CT molecular complexity index is 630. The van der Waals surface area contributed by atoms with Crippen LogP contribution >= 0.6 is 0 Å². The fourth-order valence-corrected chi connectivity index (χ4v) is 3.15. The summed E-state index contributed by atoms with van der Waals surface area (Å²) in [5.41, 5.74) is 2.18. The van der Waals surface area contributed by atoms with E-state index in [1.807, 2.05) is 19.1 Å². The number of ether oxygens (including phenoxy) is 2. The van der Waals surface area contributed by atoms with Crippen LogP contribution in [0.25, 0.3) is 0 Å². The molecule has 1 aliphatic heterocycles. The second kappa shape index (κ2) is 6.86. The lowest BCUT2D eigenvalue weighted by Crippen LogP contribution is -2.25. The van der Waals surface area contributed by atoms with Gasteiger partial charge in [0.15, 0.2) is 0 Å². The van der Waals surface area contributed by atoms with Gasteiger partial charge < -0.3 is 18.9 Å². The Kier molecular flexibility index (Phi) is 4.84. The molecule has 2 atom stereocenters. The zero-order valence-corrected chi connectivity index (χ0v) is 14.3. The number of hydrogen-bond donors (Lipinski definition) is 1. The monoisotopic (exact) mass is 319 g/mol. The second-order valence-electron chi connectivity index (χ2n) is 6.17. The van der Waals surface area contributed by atoms with Gasteiger partial charge in [0.25, 0.3) is 0 Å². The topological polar surface area (TPSA) is 63.5 Å². The minimum atomic E-state index is 0.221. The van der Waals surface area contributed by atoms with Crippen LogP contribution in [0.2, 0.25) is 0 Å². The molecule has 1 saturated heterocycles. The first-order valence-electron chi connectivity index (χ1n) is 7.97. The molecule has 1 fully saturated rings. The average molecular weight is 319 g/mol. The van der Waals surface area contributed by atoms with Gasteiger partial charge in [-0.25, -0.2) is 4.98 Å². The number of hydrogen-bond acceptors (Lipinski definition) is 5. The number of aryl methyl sites for hydroxylation is 2. The molecule has 23 heavy (non-hydrogen) atoms. The summed E-state index contributed by atoms with van der Waals surface area (Å²) >= 11 is 0. The van der Waals surface area contributed by atoms with Crippen molar-refractivity contribution in [2.24, 2.45) is 0 Å². The molecule has 0 aromatic carbocycles. The predicted octanol–water partition coefficient (Wildman–Crippen LogP) is 2.73. The first-order chi connectivity index (χ1) is 11.1. The zero-order chi connectivity index (χ0) is 16.4. The Labute approximate surface area is 136 Å². The number of furan rings is 1. The summed E-state index contributed by atoms with van der Waals surface area (Å²) in [5.74, 6) is 2.81. The number of imidazole rings is 1. The van der Waals surface area contributed by atoms with Crippen LogP contribution in [0.5, 0.6) is 0 Å². The summed E-state index contributed by atoms with van der Waals surface area (Å²) in [6.45, 7) is 6.21. The Morgan fingerprint density at radius 1 is 1.30 bits per heavy atom. The number of likely N-dealkylation sites (tertiary alicyclic amines) is 1. The fourth-order valence-electron chi connectivity index (χ4n) is 3.15. The summed E-state index contributed by atoms with van der Waals surface area (Å²) in [5, 5.41) is 0. The van der Waals surface area contributed by atoms with Crippen LogP contribution in [0.1, 0.15) is 41.2 Å². The molecule has 126 valence electrons. The van der Waals surface area contributed by atoms with Crippen molar-refractivity contribution in [3.63, 3.8) is 0 Å². The summed E-state index contributed by atoms with van der Waals surface area (Å²) in [4.78, 5) is 10.5. The van der Waals surface area contributed by atoms with Crippen LogP contribution in [0, 0.1) is 13.8 Å². The maximum Gasteiger partial charge on any atom is 0.129 e. The van der Waals surface area contributed by atoms with E-state index in [2.05, 4.69) is 21.8 Å². The fraction of sp³-hybridized carbons (Fsp3) is 0.588. The van der Waals surface area contributed by atoms with Crippen molar-refractivity contribution in [3.05, 3.63) is 40.9 Å². The van der Waals surface area contributed by atoms with Gasteiger partial charge in [0.1, 0.15) is 24.0 Å². The first kappa shape index (κ1) is 16.2. The molecule has 0 spiro atoms. The van der Waals surface area contributed by atoms with Gasteiger partial charge in [-0.1, -0.05) is 0 Å². The Balaban J connectivity index is 1.76. The quantitative estimate of drug-likeness (QED) is 0.887. The van der Waals surface area contributed by atoms with Gasteiger partial charge in [-0.05, 0) is 32.4 Å². The van der Waals surface area contributed by atoms with Crippen LogP contribution < -0.4 is 0 Å². The van der Waals surface area contributed by atoms with E-state index in [1.165, 1.54) is 0 Å². The molecule has 6 heteroatoms. The molecule has 0 saturated carbocycles. The Hall–Kier alpha value is -1.63. The number of H-pyrrole nitrogens is 1. The zero-order valence-electron chi connectivity index (χ0n) is 14.3. The van der Waals surface area contributed by atoms with E-state index in [0.29, 0.717) is 6.61 Å². The van der Waals surface area contributed by atoms with E-state index < -0.39 is 0 Å². The molecule has 0 aliphatic carbocycles. The van der Waals surface area contributed by atoms with Crippen molar-refractivity contribution in [2.75, 3.05) is 20.8 Å². The van der Waals surface area contributed by atoms with Crippen molar-refractivity contribution in [1.29, 1.82) is 0 Å². The third-order valence-electron chi connectivity index (χ3n) is 4.52. The normalized spacial score (nSPS) is 22.1. The molecule has 3 heterocycles. The summed E-state index contributed by atoms with van der Waals surface area (Å²) < 4.78 is 16.5. The lowest BCUT2D eigenvalue weighted by molar-refractivity contribution is 0.105. The van der Waals surface area contributed by atoms with Gasteiger partial charge in [-0.2, -0.15) is 0 Å². The van der Waals surface area contributed by atoms with Gasteiger partial charge in [-0.3, -0.25) is 4.90 Å². The van der Waals surface area contributed by atoms with Gasteiger partial charge in [0.2, 0.25) is 0 Å². The van der Waals surface area contributed by atoms with Crippen molar-refractivity contribution in [1.82, 2.24) is 14.9 Å². The molecule has 0 bridgehead atoms. The van der Waals surface area contributed by atoms with Crippen LogP contribution in [0.3, 0.4) is 0 Å². The lowest BCUT2D eigenvalue weighted by Gasteiger charge is -2.21. The van der Waals surface area contributed by atoms with Crippen LogP contribution in [-0.4, -0.2) is 41.7 Å². The summed E-state index contributed by atoms with van der Waals surface area (Å²) in [6.07, 6.45) is 1.16. The number of aromatic nitrogens is 2. The highest BCUT2D eigenvalue weighted by Gasteiger charge is 2.35. The van der Waals surface area contributed by atoms with Crippen LogP contribution in [0.15, 0.2) is 16.5 Å². The molecule has 1 aliphatic rings. The number of rotatable bonds is 6. The molecule has 3 rings (SSSR count). The van der Waals surface area contributed by atoms with E-state index in [0.717, 1.165) is 48.2 Å². The highest BCUT2D eigenvalue weighted by Crippen LogP contribution is 2.33. The van der Waals surface area contributed by atoms with Gasteiger partial charge in [0, 0.05) is 26.5 Å². The van der Waals surface area contributed by atoms with E-state index in [4.69, 9.17) is 13.9 Å². The van der Waals surface area contributed by atoms with E-state index in [-0.39, 0.29) is 12.1 Å². The third-order valence-corrected chi connectivity index (χ3v) is 4.52. The van der Waals surface area contributed by atoms with E-state index >= 15 is 0 Å². The molecular formula is C17H25N3O3. The minimum absolute atomic E-state index is 0.221. The number of methoxy groups -OCH3 is 2. The maximum atomic E-state index is 5.83. The van der Waals surface area contributed by atoms with Gasteiger partial charge in [0.05, 0.1) is 24.4 Å². The SMILES string of the molecule is COCc1ccc(CN2C[C@H](OC)C[C@H]2c2nc(C)c(C)[nH]2)o1. The number of aromatic amines is 1. The van der Waals surface area contributed by atoms with Crippen LogP contribution in [-0.2, 0) is 22.6 Å². The lowest BCUT2D eigenvalue weighted by atomic mass is 10.2. The van der Waals surface area contributed by atoms with E-state index in [1.54, 1.807) is 14.2 Å². The summed E-state index contributed by atoms with van der Waals surface area (Å²) in [6, 6.07) is 4.21. The molecule has 2 aromatic rings. The first-order valence-corrected chi connectivity index (χ1v) is 7.97. The van der Waals surface area contributed by atoms with Crippen LogP contribution in [0.4, 0.5) is 0 Å². The number of nitrogens with one attached hydrogen (secondary N) is 1. The third kappa shape index (κ3) is 3.49. The van der Waals surface area contributed by atoms with Crippen molar-refractivity contribution < 1.29 is 13.9 Å². The molecule has 0 unspecified atom stereocenters. The number of nitrogens with zero attached hydrogens (tertiary/aromatic N) is 2.